The second-order valence-electron chi connectivity index (χ2n) is 2.76. The van der Waals surface area contributed by atoms with Crippen LogP contribution in [0, 0.1) is 0 Å². The lowest BCUT2D eigenvalue weighted by Crippen LogP contribution is -2.13. The molecule has 5 heteroatoms. The summed E-state index contributed by atoms with van der Waals surface area (Å²) in [5, 5.41) is 0. The van der Waals surface area contributed by atoms with Crippen molar-refractivity contribution in [2.24, 2.45) is 0 Å². The van der Waals surface area contributed by atoms with Crippen molar-refractivity contribution >= 4 is 23.0 Å². The van der Waals surface area contributed by atoms with Gasteiger partial charge in [-0.05, 0) is 0 Å². The molecule has 1 aromatic heterocycles. The van der Waals surface area contributed by atoms with Gasteiger partial charge in [0, 0.05) is 20.2 Å². The van der Waals surface area contributed by atoms with Crippen LogP contribution in [0.5, 0.6) is 0 Å². The summed E-state index contributed by atoms with van der Waals surface area (Å²) < 4.78 is 0. The van der Waals surface area contributed by atoms with E-state index in [-0.39, 0.29) is 5.82 Å². The molecular formula is C7H13N5. The zero-order valence-corrected chi connectivity index (χ0v) is 7.20. The van der Waals surface area contributed by atoms with Crippen molar-refractivity contribution in [2.45, 2.75) is 0 Å². The Morgan fingerprint density at radius 1 is 1.25 bits per heavy atom. The van der Waals surface area contributed by atoms with Crippen LogP contribution in [0.4, 0.5) is 23.0 Å². The SMILES string of the molecule is CN(C)c1cc(N)c(N)c(N)n1. The van der Waals surface area contributed by atoms with Crippen LogP contribution in [0.3, 0.4) is 0 Å². The molecule has 0 aliphatic carbocycles. The Morgan fingerprint density at radius 3 is 2.25 bits per heavy atom. The second-order valence-corrected chi connectivity index (χ2v) is 2.76. The Labute approximate surface area is 71.2 Å². The molecule has 1 heterocycles. The van der Waals surface area contributed by atoms with Gasteiger partial charge in [-0.15, -0.1) is 0 Å². The number of hydrogen-bond donors (Lipinski definition) is 3. The van der Waals surface area contributed by atoms with Gasteiger partial charge in [-0.3, -0.25) is 0 Å². The third-order valence-electron chi connectivity index (χ3n) is 1.56. The smallest absolute Gasteiger partial charge is 0.151 e. The number of anilines is 4. The molecule has 0 radical (unpaired) electrons. The maximum atomic E-state index is 5.59. The number of hydrogen-bond acceptors (Lipinski definition) is 5. The summed E-state index contributed by atoms with van der Waals surface area (Å²) in [4.78, 5) is 5.84. The summed E-state index contributed by atoms with van der Waals surface area (Å²) in [7, 11) is 3.72. The lowest BCUT2D eigenvalue weighted by atomic mass is 10.3. The summed E-state index contributed by atoms with van der Waals surface area (Å²) >= 11 is 0. The highest BCUT2D eigenvalue weighted by Crippen LogP contribution is 2.24. The monoisotopic (exact) mass is 167 g/mol. The van der Waals surface area contributed by atoms with Crippen molar-refractivity contribution < 1.29 is 0 Å². The topological polar surface area (TPSA) is 94.2 Å². The largest absolute Gasteiger partial charge is 0.397 e. The summed E-state index contributed by atoms with van der Waals surface area (Å²) in [6.07, 6.45) is 0. The van der Waals surface area contributed by atoms with E-state index in [1.165, 1.54) is 0 Å². The van der Waals surface area contributed by atoms with Gasteiger partial charge in [-0.1, -0.05) is 0 Å². The van der Waals surface area contributed by atoms with Crippen LogP contribution in [-0.2, 0) is 0 Å². The van der Waals surface area contributed by atoms with Gasteiger partial charge in [0.05, 0.1) is 11.4 Å². The maximum Gasteiger partial charge on any atom is 0.151 e. The molecule has 0 aliphatic rings. The average Bonchev–Trinajstić information content (AvgIpc) is 1.99. The number of nitrogen functional groups attached to an aromatic ring is 3. The van der Waals surface area contributed by atoms with Crippen LogP contribution in [0.2, 0.25) is 0 Å². The summed E-state index contributed by atoms with van der Waals surface area (Å²) in [5.74, 6) is 0.984. The molecule has 0 atom stereocenters. The third kappa shape index (κ3) is 1.34. The second kappa shape index (κ2) is 2.77. The van der Waals surface area contributed by atoms with Gasteiger partial charge >= 0.3 is 0 Å². The molecule has 0 bridgehead atoms. The van der Waals surface area contributed by atoms with Crippen molar-refractivity contribution in [1.82, 2.24) is 4.98 Å². The van der Waals surface area contributed by atoms with E-state index < -0.39 is 0 Å². The lowest BCUT2D eigenvalue weighted by Gasteiger charge is -2.13. The Bertz CT molecular complexity index is 271. The van der Waals surface area contributed by atoms with E-state index in [9.17, 15) is 0 Å². The van der Waals surface area contributed by atoms with Crippen LogP contribution < -0.4 is 22.1 Å². The van der Waals surface area contributed by atoms with E-state index in [0.717, 1.165) is 0 Å². The summed E-state index contributed by atoms with van der Waals surface area (Å²) in [6, 6.07) is 1.69. The first-order chi connectivity index (χ1) is 5.52. The van der Waals surface area contributed by atoms with Gasteiger partial charge in [-0.25, -0.2) is 4.98 Å². The number of aromatic nitrogens is 1. The first kappa shape index (κ1) is 8.45. The fraction of sp³-hybridized carbons (Fsp3) is 0.286. The Hall–Kier alpha value is -1.65. The first-order valence-electron chi connectivity index (χ1n) is 3.51. The summed E-state index contributed by atoms with van der Waals surface area (Å²) in [6.45, 7) is 0. The normalized spacial score (nSPS) is 9.83. The molecule has 0 saturated heterocycles. The van der Waals surface area contributed by atoms with Crippen LogP contribution in [0.25, 0.3) is 0 Å². The van der Waals surface area contributed by atoms with Crippen molar-refractivity contribution in [3.8, 4) is 0 Å². The minimum Gasteiger partial charge on any atom is -0.397 e. The minimum absolute atomic E-state index is 0.277. The molecule has 0 amide bonds. The molecule has 1 aromatic rings. The fourth-order valence-electron chi connectivity index (χ4n) is 0.810. The average molecular weight is 167 g/mol. The van der Waals surface area contributed by atoms with Gasteiger partial charge in [0.2, 0.25) is 0 Å². The van der Waals surface area contributed by atoms with Crippen LogP contribution >= 0.6 is 0 Å². The van der Waals surface area contributed by atoms with Gasteiger partial charge < -0.3 is 22.1 Å². The van der Waals surface area contributed by atoms with E-state index in [0.29, 0.717) is 17.2 Å². The van der Waals surface area contributed by atoms with Crippen LogP contribution in [-0.4, -0.2) is 19.1 Å². The van der Waals surface area contributed by atoms with E-state index in [1.54, 1.807) is 6.07 Å². The molecule has 1 rings (SSSR count). The van der Waals surface area contributed by atoms with E-state index >= 15 is 0 Å². The molecule has 0 saturated carbocycles. The van der Waals surface area contributed by atoms with Gasteiger partial charge in [0.15, 0.2) is 5.82 Å². The molecule has 0 unspecified atom stereocenters. The fourth-order valence-corrected chi connectivity index (χ4v) is 0.810. The molecule has 0 spiro atoms. The van der Waals surface area contributed by atoms with Crippen LogP contribution in [0.15, 0.2) is 6.07 Å². The predicted molar refractivity (Wildman–Crippen MR) is 51.8 cm³/mol. The molecular weight excluding hydrogens is 154 g/mol. The number of nitrogens with zero attached hydrogens (tertiary/aromatic N) is 2. The molecule has 66 valence electrons. The van der Waals surface area contributed by atoms with E-state index in [1.807, 2.05) is 19.0 Å². The van der Waals surface area contributed by atoms with Gasteiger partial charge in [0.1, 0.15) is 5.82 Å². The Balaban J connectivity index is 3.21. The predicted octanol–water partition coefficient (Wildman–Crippen LogP) is -0.106. The molecule has 0 aromatic carbocycles. The lowest BCUT2D eigenvalue weighted by molar-refractivity contribution is 1.07. The highest BCUT2D eigenvalue weighted by molar-refractivity contribution is 5.77. The highest BCUT2D eigenvalue weighted by Gasteiger charge is 2.05. The number of nitrogens with two attached hydrogens (primary N) is 3. The van der Waals surface area contributed by atoms with Crippen molar-refractivity contribution in [2.75, 3.05) is 36.2 Å². The van der Waals surface area contributed by atoms with E-state index in [2.05, 4.69) is 4.98 Å². The Kier molecular flexibility index (Phi) is 1.95. The molecule has 0 fully saturated rings. The maximum absolute atomic E-state index is 5.59. The van der Waals surface area contributed by atoms with Crippen molar-refractivity contribution in [1.29, 1.82) is 0 Å². The van der Waals surface area contributed by atoms with E-state index in [4.69, 9.17) is 17.2 Å². The first-order valence-corrected chi connectivity index (χ1v) is 3.51. The zero-order valence-electron chi connectivity index (χ0n) is 7.20. The zero-order chi connectivity index (χ0) is 9.30. The quantitative estimate of drug-likeness (QED) is 0.542. The molecule has 0 aliphatic heterocycles. The minimum atomic E-state index is 0.277. The third-order valence-corrected chi connectivity index (χ3v) is 1.56. The molecule has 5 nitrogen and oxygen atoms in total. The van der Waals surface area contributed by atoms with Crippen molar-refractivity contribution in [3.63, 3.8) is 0 Å². The Morgan fingerprint density at radius 2 is 1.83 bits per heavy atom. The number of pyridine rings is 1. The summed E-state index contributed by atoms with van der Waals surface area (Å²) in [5.41, 5.74) is 17.4. The molecule has 12 heavy (non-hydrogen) atoms. The van der Waals surface area contributed by atoms with Crippen molar-refractivity contribution in [3.05, 3.63) is 6.07 Å². The van der Waals surface area contributed by atoms with Gasteiger partial charge in [0.25, 0.3) is 0 Å². The van der Waals surface area contributed by atoms with Gasteiger partial charge in [-0.2, -0.15) is 0 Å². The van der Waals surface area contributed by atoms with Crippen LogP contribution in [0.1, 0.15) is 0 Å². The standard InChI is InChI=1S/C7H13N5/c1-12(2)5-3-4(8)6(9)7(10)11-5/h3H,9H2,1-2H3,(H4,8,10,11). The number of rotatable bonds is 1. The highest BCUT2D eigenvalue weighted by atomic mass is 15.1. The molecule has 6 N–H and O–H groups in total.